The Hall–Kier alpha value is -2.63. The molecule has 30 heavy (non-hydrogen) atoms. The molecule has 2 unspecified atom stereocenters. The molecule has 0 bridgehead atoms. The summed E-state index contributed by atoms with van der Waals surface area (Å²) in [7, 11) is 0. The number of carbonyl (C=O) groups excluding carboxylic acids is 2. The normalized spacial score (nSPS) is 15.9. The zero-order valence-electron chi connectivity index (χ0n) is 16.2. The minimum atomic E-state index is -0.734. The van der Waals surface area contributed by atoms with E-state index in [0.717, 1.165) is 0 Å². The Balaban J connectivity index is 0.00000420. The largest absolute Gasteiger partial charge is 0.370 e. The maximum absolute atomic E-state index is 12.6. The van der Waals surface area contributed by atoms with Gasteiger partial charge in [0.25, 0.3) is 5.69 Å². The van der Waals surface area contributed by atoms with Crippen molar-refractivity contribution in [2.75, 3.05) is 18.4 Å². The molecule has 2 amide bonds. The number of halogens is 2. The summed E-state index contributed by atoms with van der Waals surface area (Å²) in [4.78, 5) is 40.7. The molecule has 168 valence electrons. The third-order valence-corrected chi connectivity index (χ3v) is 4.47. The number of carbonyl (C=O) groups is 2. The highest BCUT2D eigenvalue weighted by molar-refractivity contribution is 5.98. The van der Waals surface area contributed by atoms with Crippen LogP contribution in [0.15, 0.2) is 29.3 Å². The van der Waals surface area contributed by atoms with Gasteiger partial charge in [-0.2, -0.15) is 0 Å². The van der Waals surface area contributed by atoms with Crippen LogP contribution in [-0.2, 0) is 9.59 Å². The van der Waals surface area contributed by atoms with Crippen LogP contribution in [0.1, 0.15) is 25.7 Å². The maximum atomic E-state index is 12.6. The Morgan fingerprint density at radius 2 is 1.90 bits per heavy atom. The second kappa shape index (κ2) is 12.8. The summed E-state index contributed by atoms with van der Waals surface area (Å²) in [5, 5.41) is 13.4. The van der Waals surface area contributed by atoms with E-state index in [0.29, 0.717) is 44.5 Å². The molecular weight excluding hydrogens is 437 g/mol. The SMILES string of the molecule is Cl.Cl.NC(N)=NCCCC(N)C(=O)N1CCCC1C(=O)Nc1ccc([N+](=O)[O-])cc1. The number of nitrogens with zero attached hydrogens (tertiary/aromatic N) is 3. The number of nitrogens with two attached hydrogens (primary N) is 3. The molecule has 0 aliphatic carbocycles. The molecule has 7 N–H and O–H groups in total. The van der Waals surface area contributed by atoms with E-state index >= 15 is 0 Å². The van der Waals surface area contributed by atoms with Gasteiger partial charge in [-0.05, 0) is 37.8 Å². The topological polar surface area (TPSA) is 183 Å². The first kappa shape index (κ1) is 27.4. The summed E-state index contributed by atoms with van der Waals surface area (Å²) in [6.45, 7) is 0.839. The summed E-state index contributed by atoms with van der Waals surface area (Å²) < 4.78 is 0. The Morgan fingerprint density at radius 1 is 1.27 bits per heavy atom. The number of nitro groups is 1. The lowest BCUT2D eigenvalue weighted by Crippen LogP contribution is -2.49. The molecule has 11 nitrogen and oxygen atoms in total. The van der Waals surface area contributed by atoms with Gasteiger partial charge in [-0.25, -0.2) is 0 Å². The summed E-state index contributed by atoms with van der Waals surface area (Å²) >= 11 is 0. The number of aliphatic imine (C=N–C) groups is 1. The molecule has 1 saturated heterocycles. The van der Waals surface area contributed by atoms with Crippen molar-refractivity contribution < 1.29 is 14.5 Å². The van der Waals surface area contributed by atoms with Crippen molar-refractivity contribution in [2.24, 2.45) is 22.2 Å². The Kier molecular flexibility index (Phi) is 11.7. The minimum absolute atomic E-state index is 0. The summed E-state index contributed by atoms with van der Waals surface area (Å²) in [6, 6.07) is 4.16. The Labute approximate surface area is 186 Å². The fourth-order valence-corrected chi connectivity index (χ4v) is 3.05. The molecule has 0 saturated carbocycles. The molecule has 0 radical (unpaired) electrons. The molecule has 13 heteroatoms. The van der Waals surface area contributed by atoms with E-state index in [9.17, 15) is 19.7 Å². The number of amides is 2. The monoisotopic (exact) mass is 463 g/mol. The minimum Gasteiger partial charge on any atom is -0.370 e. The molecule has 2 rings (SSSR count). The highest BCUT2D eigenvalue weighted by atomic mass is 35.5. The molecule has 1 fully saturated rings. The second-order valence-electron chi connectivity index (χ2n) is 6.54. The smallest absolute Gasteiger partial charge is 0.269 e. The average Bonchev–Trinajstić information content (AvgIpc) is 3.14. The zero-order valence-corrected chi connectivity index (χ0v) is 17.9. The number of rotatable bonds is 8. The van der Waals surface area contributed by atoms with Gasteiger partial charge in [-0.15, -0.1) is 24.8 Å². The standard InChI is InChI=1S/C17H25N7O4.2ClH/c18-13(3-1-9-21-17(19)20)16(26)23-10-2-4-14(23)15(25)22-11-5-7-12(8-6-11)24(27)28;;/h5-8,13-14H,1-4,9-10,18H2,(H,22,25)(H4,19,20,21);2*1H. The molecule has 1 aromatic carbocycles. The number of hydrogen-bond acceptors (Lipinski definition) is 6. The van der Waals surface area contributed by atoms with Crippen molar-refractivity contribution >= 4 is 54.0 Å². The van der Waals surface area contributed by atoms with Crippen molar-refractivity contribution in [2.45, 2.75) is 37.8 Å². The second-order valence-corrected chi connectivity index (χ2v) is 6.54. The molecule has 0 spiro atoms. The van der Waals surface area contributed by atoms with E-state index < -0.39 is 17.0 Å². The van der Waals surface area contributed by atoms with Gasteiger partial charge < -0.3 is 27.4 Å². The van der Waals surface area contributed by atoms with Crippen LogP contribution < -0.4 is 22.5 Å². The van der Waals surface area contributed by atoms with E-state index in [4.69, 9.17) is 17.2 Å². The van der Waals surface area contributed by atoms with Crippen LogP contribution in [0.4, 0.5) is 11.4 Å². The number of nitrogens with one attached hydrogen (secondary N) is 1. The fraction of sp³-hybridized carbons (Fsp3) is 0.471. The molecule has 2 atom stereocenters. The number of benzene rings is 1. The Morgan fingerprint density at radius 3 is 2.47 bits per heavy atom. The molecule has 1 heterocycles. The van der Waals surface area contributed by atoms with Crippen molar-refractivity contribution in [3.63, 3.8) is 0 Å². The predicted molar refractivity (Wildman–Crippen MR) is 119 cm³/mol. The molecule has 0 aromatic heterocycles. The van der Waals surface area contributed by atoms with Gasteiger partial charge in [0, 0.05) is 30.9 Å². The van der Waals surface area contributed by atoms with E-state index in [1.54, 1.807) is 0 Å². The maximum Gasteiger partial charge on any atom is 0.269 e. The van der Waals surface area contributed by atoms with Gasteiger partial charge in [0.15, 0.2) is 5.96 Å². The number of hydrogen-bond donors (Lipinski definition) is 4. The summed E-state index contributed by atoms with van der Waals surface area (Å²) in [5.74, 6) is -0.638. The van der Waals surface area contributed by atoms with Crippen molar-refractivity contribution in [1.82, 2.24) is 4.90 Å². The Bertz CT molecular complexity index is 757. The quantitative estimate of drug-likeness (QED) is 0.144. The first-order chi connectivity index (χ1) is 13.3. The van der Waals surface area contributed by atoms with Crippen molar-refractivity contribution in [3.8, 4) is 0 Å². The highest BCUT2D eigenvalue weighted by Gasteiger charge is 2.36. The van der Waals surface area contributed by atoms with Crippen molar-refractivity contribution in [1.29, 1.82) is 0 Å². The first-order valence-electron chi connectivity index (χ1n) is 8.96. The van der Waals surface area contributed by atoms with Gasteiger partial charge in [0.1, 0.15) is 6.04 Å². The average molecular weight is 464 g/mol. The molecule has 1 aromatic rings. The van der Waals surface area contributed by atoms with E-state index in [1.165, 1.54) is 29.2 Å². The summed E-state index contributed by atoms with van der Waals surface area (Å²) in [6.07, 6.45) is 2.19. The van der Waals surface area contributed by atoms with Gasteiger partial charge in [0.2, 0.25) is 11.8 Å². The lowest BCUT2D eigenvalue weighted by molar-refractivity contribution is -0.384. The van der Waals surface area contributed by atoms with Crippen LogP contribution in [0, 0.1) is 10.1 Å². The lowest BCUT2D eigenvalue weighted by atomic mass is 10.1. The van der Waals surface area contributed by atoms with Crippen LogP contribution in [0.3, 0.4) is 0 Å². The number of anilines is 1. The lowest BCUT2D eigenvalue weighted by Gasteiger charge is -2.26. The third kappa shape index (κ3) is 7.65. The van der Waals surface area contributed by atoms with Crippen molar-refractivity contribution in [3.05, 3.63) is 34.4 Å². The number of nitro benzene ring substituents is 1. The summed E-state index contributed by atoms with van der Waals surface area (Å²) in [5.41, 5.74) is 16.8. The predicted octanol–water partition coefficient (Wildman–Crippen LogP) is 0.749. The van der Waals surface area contributed by atoms with Crippen LogP contribution in [0.5, 0.6) is 0 Å². The molecule has 1 aliphatic heterocycles. The van der Waals surface area contributed by atoms with Gasteiger partial charge in [-0.1, -0.05) is 0 Å². The van der Waals surface area contributed by atoms with Gasteiger partial charge in [0.05, 0.1) is 11.0 Å². The van der Waals surface area contributed by atoms with Crippen LogP contribution >= 0.6 is 24.8 Å². The highest BCUT2D eigenvalue weighted by Crippen LogP contribution is 2.22. The van der Waals surface area contributed by atoms with E-state index in [-0.39, 0.29) is 48.3 Å². The van der Waals surface area contributed by atoms with Gasteiger partial charge in [-0.3, -0.25) is 24.7 Å². The third-order valence-electron chi connectivity index (χ3n) is 4.47. The molecular formula is C17H27Cl2N7O4. The fourth-order valence-electron chi connectivity index (χ4n) is 3.05. The van der Waals surface area contributed by atoms with Crippen LogP contribution in [0.25, 0.3) is 0 Å². The van der Waals surface area contributed by atoms with Crippen LogP contribution in [-0.4, -0.2) is 52.8 Å². The van der Waals surface area contributed by atoms with E-state index in [2.05, 4.69) is 10.3 Å². The van der Waals surface area contributed by atoms with Crippen LogP contribution in [0.2, 0.25) is 0 Å². The van der Waals surface area contributed by atoms with Gasteiger partial charge >= 0.3 is 0 Å². The molecule has 1 aliphatic rings. The number of likely N-dealkylation sites (tertiary alicyclic amines) is 1. The zero-order chi connectivity index (χ0) is 20.7. The number of guanidine groups is 1. The number of non-ortho nitro benzene ring substituents is 1. The first-order valence-corrected chi connectivity index (χ1v) is 8.96. The van der Waals surface area contributed by atoms with E-state index in [1.807, 2.05) is 0 Å².